The molecule has 3 N–H and O–H groups in total. The number of thiazole rings is 1. The van der Waals surface area contributed by atoms with Crippen LogP contribution in [0, 0.1) is 5.82 Å². The number of rotatable bonds is 6. The van der Waals surface area contributed by atoms with Gasteiger partial charge in [0.1, 0.15) is 11.9 Å². The molecule has 8 nitrogen and oxygen atoms in total. The number of hydrogen-bond acceptors (Lipinski definition) is 8. The fourth-order valence-corrected chi connectivity index (χ4v) is 3.70. The molecule has 0 aliphatic carbocycles. The van der Waals surface area contributed by atoms with Gasteiger partial charge in [-0.3, -0.25) is 0 Å². The summed E-state index contributed by atoms with van der Waals surface area (Å²) < 4.78 is 20.0. The maximum Gasteiger partial charge on any atom is 0.166 e. The summed E-state index contributed by atoms with van der Waals surface area (Å²) in [5, 5.41) is 17.7. The first kappa shape index (κ1) is 19.0. The van der Waals surface area contributed by atoms with E-state index < -0.39 is 11.9 Å². The second kappa shape index (κ2) is 7.94. The number of aromatic nitrogens is 5. The SMILES string of the molecule is C[C@@H](Oc1cc(-c2scnc2CO)cnc1N)c1cc(F)ccc1-n1nccn1. The first-order valence-electron chi connectivity index (χ1n) is 8.68. The Bertz CT molecular complexity index is 1130. The Kier molecular flexibility index (Phi) is 5.19. The monoisotopic (exact) mass is 412 g/mol. The van der Waals surface area contributed by atoms with Crippen molar-refractivity contribution in [3.63, 3.8) is 0 Å². The summed E-state index contributed by atoms with van der Waals surface area (Å²) in [5.74, 6) is 0.144. The average molecular weight is 412 g/mol. The van der Waals surface area contributed by atoms with Gasteiger partial charge in [-0.15, -0.1) is 11.3 Å². The van der Waals surface area contributed by atoms with E-state index in [-0.39, 0.29) is 12.4 Å². The number of hydrogen-bond donors (Lipinski definition) is 2. The van der Waals surface area contributed by atoms with Crippen LogP contribution in [0.25, 0.3) is 16.1 Å². The standard InChI is InChI=1S/C19H17FN6O2S/c1-11(14-7-13(20)2-3-16(14)26-24-4-5-25-26)28-17-6-12(8-22-19(17)21)18-15(9-27)23-10-29-18/h2-8,10-11,27H,9H2,1H3,(H2,21,22)/t11-/m1/s1. The molecule has 10 heteroatoms. The number of pyridine rings is 1. The summed E-state index contributed by atoms with van der Waals surface area (Å²) >= 11 is 1.38. The second-order valence-corrected chi connectivity index (χ2v) is 7.03. The largest absolute Gasteiger partial charge is 0.482 e. The highest BCUT2D eigenvalue weighted by Gasteiger charge is 2.18. The number of nitrogens with two attached hydrogens (primary N) is 1. The lowest BCUT2D eigenvalue weighted by Gasteiger charge is -2.19. The first-order valence-corrected chi connectivity index (χ1v) is 9.56. The van der Waals surface area contributed by atoms with Crippen molar-refractivity contribution in [2.75, 3.05) is 5.73 Å². The number of ether oxygens (including phenoxy) is 1. The van der Waals surface area contributed by atoms with Gasteiger partial charge in [-0.2, -0.15) is 15.0 Å². The molecule has 4 aromatic rings. The van der Waals surface area contributed by atoms with Gasteiger partial charge >= 0.3 is 0 Å². The zero-order valence-corrected chi connectivity index (χ0v) is 16.2. The normalized spacial score (nSPS) is 12.1. The molecule has 0 fully saturated rings. The summed E-state index contributed by atoms with van der Waals surface area (Å²) in [4.78, 5) is 10.5. The molecular formula is C19H17FN6O2S. The van der Waals surface area contributed by atoms with Crippen molar-refractivity contribution in [3.8, 4) is 21.9 Å². The molecule has 3 heterocycles. The van der Waals surface area contributed by atoms with E-state index in [2.05, 4.69) is 20.2 Å². The van der Waals surface area contributed by atoms with Crippen LogP contribution >= 0.6 is 11.3 Å². The van der Waals surface area contributed by atoms with Gasteiger partial charge in [0.05, 0.1) is 40.8 Å². The molecular weight excluding hydrogens is 395 g/mol. The predicted molar refractivity (Wildman–Crippen MR) is 106 cm³/mol. The zero-order valence-electron chi connectivity index (χ0n) is 15.4. The molecule has 29 heavy (non-hydrogen) atoms. The highest BCUT2D eigenvalue weighted by molar-refractivity contribution is 7.13. The minimum Gasteiger partial charge on any atom is -0.482 e. The summed E-state index contributed by atoms with van der Waals surface area (Å²) in [6.07, 6.45) is 4.11. The van der Waals surface area contributed by atoms with Crippen LogP contribution in [-0.4, -0.2) is 30.1 Å². The van der Waals surface area contributed by atoms with E-state index in [4.69, 9.17) is 10.5 Å². The van der Waals surface area contributed by atoms with Crippen molar-refractivity contribution in [2.24, 2.45) is 0 Å². The van der Waals surface area contributed by atoms with Gasteiger partial charge in [0.25, 0.3) is 0 Å². The Morgan fingerprint density at radius 3 is 2.79 bits per heavy atom. The minimum atomic E-state index is -0.565. The summed E-state index contributed by atoms with van der Waals surface area (Å²) in [7, 11) is 0. The van der Waals surface area contributed by atoms with Gasteiger partial charge in [-0.1, -0.05) is 0 Å². The topological polar surface area (TPSA) is 112 Å². The number of anilines is 1. The van der Waals surface area contributed by atoms with Crippen LogP contribution in [0.2, 0.25) is 0 Å². The Labute approximate surface area is 169 Å². The van der Waals surface area contributed by atoms with Crippen LogP contribution < -0.4 is 10.5 Å². The van der Waals surface area contributed by atoms with Gasteiger partial charge in [0.2, 0.25) is 0 Å². The molecule has 0 saturated heterocycles. The molecule has 0 radical (unpaired) electrons. The summed E-state index contributed by atoms with van der Waals surface area (Å²) in [5.41, 5.74) is 10.1. The second-order valence-electron chi connectivity index (χ2n) is 6.18. The molecule has 148 valence electrons. The maximum atomic E-state index is 13.9. The fourth-order valence-electron chi connectivity index (χ4n) is 2.92. The molecule has 0 bridgehead atoms. The third kappa shape index (κ3) is 3.80. The Morgan fingerprint density at radius 1 is 1.24 bits per heavy atom. The highest BCUT2D eigenvalue weighted by Crippen LogP contribution is 2.34. The van der Waals surface area contributed by atoms with Crippen molar-refractivity contribution in [1.29, 1.82) is 0 Å². The van der Waals surface area contributed by atoms with Gasteiger partial charge in [0, 0.05) is 17.3 Å². The molecule has 0 unspecified atom stereocenters. The fraction of sp³-hybridized carbons (Fsp3) is 0.158. The molecule has 0 saturated carbocycles. The van der Waals surface area contributed by atoms with E-state index in [1.54, 1.807) is 30.8 Å². The van der Waals surface area contributed by atoms with Crippen LogP contribution in [0.15, 0.2) is 48.4 Å². The number of benzene rings is 1. The smallest absolute Gasteiger partial charge is 0.166 e. The lowest BCUT2D eigenvalue weighted by molar-refractivity contribution is 0.226. The molecule has 1 aromatic carbocycles. The quantitative estimate of drug-likeness (QED) is 0.500. The van der Waals surface area contributed by atoms with E-state index in [1.807, 2.05) is 0 Å². The number of nitrogen functional groups attached to an aromatic ring is 1. The summed E-state index contributed by atoms with van der Waals surface area (Å²) in [6.45, 7) is 1.60. The number of halogens is 1. The van der Waals surface area contributed by atoms with Crippen molar-refractivity contribution >= 4 is 17.2 Å². The summed E-state index contributed by atoms with van der Waals surface area (Å²) in [6, 6.07) is 6.04. The zero-order chi connectivity index (χ0) is 20.4. The Morgan fingerprint density at radius 2 is 2.03 bits per heavy atom. The third-order valence-electron chi connectivity index (χ3n) is 4.30. The van der Waals surface area contributed by atoms with Crippen molar-refractivity contribution in [1.82, 2.24) is 25.0 Å². The predicted octanol–water partition coefficient (Wildman–Crippen LogP) is 3.14. The van der Waals surface area contributed by atoms with Gasteiger partial charge in [-0.25, -0.2) is 14.4 Å². The Balaban J connectivity index is 1.68. The maximum absolute atomic E-state index is 13.9. The van der Waals surface area contributed by atoms with Gasteiger partial charge in [0.15, 0.2) is 11.6 Å². The van der Waals surface area contributed by atoms with Gasteiger partial charge in [-0.05, 0) is 31.2 Å². The highest BCUT2D eigenvalue weighted by atomic mass is 32.1. The van der Waals surface area contributed by atoms with E-state index >= 15 is 0 Å². The van der Waals surface area contributed by atoms with Crippen LogP contribution in [0.3, 0.4) is 0 Å². The van der Waals surface area contributed by atoms with Crippen LogP contribution in [-0.2, 0) is 6.61 Å². The van der Waals surface area contributed by atoms with Crippen molar-refractivity contribution < 1.29 is 14.2 Å². The third-order valence-corrected chi connectivity index (χ3v) is 5.22. The van der Waals surface area contributed by atoms with E-state index in [0.717, 1.165) is 10.4 Å². The number of aliphatic hydroxyl groups excluding tert-OH is 1. The first-order chi connectivity index (χ1) is 14.1. The Hall–Kier alpha value is -3.37. The van der Waals surface area contributed by atoms with Gasteiger partial charge < -0.3 is 15.6 Å². The van der Waals surface area contributed by atoms with Crippen molar-refractivity contribution in [2.45, 2.75) is 19.6 Å². The minimum absolute atomic E-state index is 0.181. The van der Waals surface area contributed by atoms with Crippen molar-refractivity contribution in [3.05, 3.63) is 65.4 Å². The molecule has 0 amide bonds. The average Bonchev–Trinajstić information content (AvgIpc) is 3.41. The van der Waals surface area contributed by atoms with Crippen LogP contribution in [0.5, 0.6) is 5.75 Å². The lowest BCUT2D eigenvalue weighted by Crippen LogP contribution is -2.11. The van der Waals surface area contributed by atoms with E-state index in [1.165, 1.54) is 40.7 Å². The van der Waals surface area contributed by atoms with Crippen LogP contribution in [0.4, 0.5) is 10.2 Å². The molecule has 0 aliphatic rings. The molecule has 4 rings (SSSR count). The number of nitrogens with zero attached hydrogens (tertiary/aromatic N) is 5. The number of aliphatic hydroxyl groups is 1. The molecule has 3 aromatic heterocycles. The van der Waals surface area contributed by atoms with E-state index in [9.17, 15) is 9.50 Å². The molecule has 0 aliphatic heterocycles. The molecule has 1 atom stereocenters. The lowest BCUT2D eigenvalue weighted by atomic mass is 10.1. The van der Waals surface area contributed by atoms with Crippen LogP contribution in [0.1, 0.15) is 24.3 Å². The van der Waals surface area contributed by atoms with E-state index in [0.29, 0.717) is 22.7 Å². The molecule has 0 spiro atoms.